The summed E-state index contributed by atoms with van der Waals surface area (Å²) in [6.07, 6.45) is -3.75. The molecule has 3 aromatic heterocycles. The molecule has 15 heteroatoms. The number of likely N-dealkylation sites (tertiary alicyclic amines) is 1. The van der Waals surface area contributed by atoms with Gasteiger partial charge in [0, 0.05) is 47.5 Å². The van der Waals surface area contributed by atoms with Crippen LogP contribution >= 0.6 is 11.8 Å². The lowest BCUT2D eigenvalue weighted by atomic mass is 10.0. The van der Waals surface area contributed by atoms with E-state index in [1.807, 2.05) is 25.1 Å². The standard InChI is InChI=1S/C24H25F3N8O3S/c1-14-9-19(32-31-14)29-21-18-3-2-8-35(18)33-22(30-21)39-17-6-4-15(5-7-17)28-20(37)11-34-13-23(38,24(25,26)27)10-16(34)12-36/h2-9,16,36,38H,10-13H2,1H3,(H,28,37)(H2,29,30,31,32,33)/t16-,23-/m0/s1. The van der Waals surface area contributed by atoms with Crippen LogP contribution in [0, 0.1) is 6.92 Å². The van der Waals surface area contributed by atoms with Crippen LogP contribution in [-0.4, -0.2) is 83.3 Å². The number of benzene rings is 1. The van der Waals surface area contributed by atoms with Crippen molar-refractivity contribution in [1.29, 1.82) is 0 Å². The molecule has 1 saturated heterocycles. The molecule has 4 aromatic rings. The van der Waals surface area contributed by atoms with Gasteiger partial charge in [0.15, 0.2) is 17.2 Å². The molecule has 5 rings (SSSR count). The second-order valence-electron chi connectivity index (χ2n) is 9.29. The molecule has 0 aliphatic carbocycles. The summed E-state index contributed by atoms with van der Waals surface area (Å²) in [5.74, 6) is 0.632. The third kappa shape index (κ3) is 5.85. The van der Waals surface area contributed by atoms with Crippen LogP contribution in [0.4, 0.5) is 30.5 Å². The summed E-state index contributed by atoms with van der Waals surface area (Å²) in [6.45, 7) is 0.0975. The largest absolute Gasteiger partial charge is 0.418 e. The Bertz CT molecular complexity index is 1480. The van der Waals surface area contributed by atoms with Crippen LogP contribution in [0.2, 0.25) is 0 Å². The van der Waals surface area contributed by atoms with Crippen LogP contribution in [0.3, 0.4) is 0 Å². The number of aliphatic hydroxyl groups excluding tert-OH is 1. The minimum atomic E-state index is -4.86. The number of aromatic amines is 1. The summed E-state index contributed by atoms with van der Waals surface area (Å²) in [6, 6.07) is 11.4. The number of β-amino-alcohol motifs (C(OH)–C–C–N with tert-alkyl or cyclic N) is 1. The quantitative estimate of drug-likeness (QED) is 0.219. The number of amides is 1. The van der Waals surface area contributed by atoms with E-state index < -0.39 is 49.8 Å². The lowest BCUT2D eigenvalue weighted by Crippen LogP contribution is -2.48. The molecule has 39 heavy (non-hydrogen) atoms. The van der Waals surface area contributed by atoms with Crippen molar-refractivity contribution >= 4 is 40.5 Å². The molecular formula is C24H25F3N8O3S. The first-order valence-electron chi connectivity index (χ1n) is 11.9. The Morgan fingerprint density at radius 2 is 2.05 bits per heavy atom. The summed E-state index contributed by atoms with van der Waals surface area (Å²) in [5, 5.41) is 37.3. The highest BCUT2D eigenvalue weighted by atomic mass is 32.2. The van der Waals surface area contributed by atoms with Gasteiger partial charge in [-0.15, -0.1) is 5.10 Å². The molecule has 0 spiro atoms. The number of anilines is 3. The molecule has 206 valence electrons. The average Bonchev–Trinajstić information content (AvgIpc) is 3.59. The van der Waals surface area contributed by atoms with Crippen LogP contribution in [0.1, 0.15) is 12.1 Å². The lowest BCUT2D eigenvalue weighted by Gasteiger charge is -2.25. The highest BCUT2D eigenvalue weighted by molar-refractivity contribution is 7.99. The fourth-order valence-electron chi connectivity index (χ4n) is 4.37. The Kier molecular flexibility index (Phi) is 7.24. The summed E-state index contributed by atoms with van der Waals surface area (Å²) < 4.78 is 41.3. The number of aromatic nitrogens is 5. The summed E-state index contributed by atoms with van der Waals surface area (Å²) in [5.41, 5.74) is -0.852. The number of aliphatic hydroxyl groups is 2. The molecule has 0 bridgehead atoms. The van der Waals surface area contributed by atoms with E-state index >= 15 is 0 Å². The number of hydrogen-bond donors (Lipinski definition) is 5. The van der Waals surface area contributed by atoms with Crippen molar-refractivity contribution < 1.29 is 28.2 Å². The predicted molar refractivity (Wildman–Crippen MR) is 137 cm³/mol. The number of halogens is 3. The minimum absolute atomic E-state index is 0.407. The lowest BCUT2D eigenvalue weighted by molar-refractivity contribution is -0.254. The monoisotopic (exact) mass is 562 g/mol. The topological polar surface area (TPSA) is 144 Å². The van der Waals surface area contributed by atoms with Crippen LogP contribution < -0.4 is 10.6 Å². The summed E-state index contributed by atoms with van der Waals surface area (Å²) in [4.78, 5) is 19.1. The molecule has 5 N–H and O–H groups in total. The molecule has 0 saturated carbocycles. The molecule has 0 radical (unpaired) electrons. The fourth-order valence-corrected chi connectivity index (χ4v) is 5.12. The Labute approximate surface area is 224 Å². The molecule has 1 aliphatic rings. The van der Waals surface area contributed by atoms with Crippen molar-refractivity contribution in [2.24, 2.45) is 0 Å². The van der Waals surface area contributed by atoms with E-state index in [4.69, 9.17) is 0 Å². The van der Waals surface area contributed by atoms with E-state index in [0.717, 1.165) is 21.0 Å². The van der Waals surface area contributed by atoms with Crippen molar-refractivity contribution in [2.45, 2.75) is 41.2 Å². The molecule has 1 fully saturated rings. The van der Waals surface area contributed by atoms with Gasteiger partial charge in [0.1, 0.15) is 5.52 Å². The normalized spacial score (nSPS) is 20.0. The molecule has 11 nitrogen and oxygen atoms in total. The van der Waals surface area contributed by atoms with Gasteiger partial charge in [0.2, 0.25) is 11.1 Å². The zero-order valence-electron chi connectivity index (χ0n) is 20.6. The van der Waals surface area contributed by atoms with E-state index in [2.05, 4.69) is 30.9 Å². The van der Waals surface area contributed by atoms with E-state index in [-0.39, 0.29) is 0 Å². The highest BCUT2D eigenvalue weighted by Crippen LogP contribution is 2.40. The molecule has 2 atom stereocenters. The SMILES string of the molecule is Cc1cc(Nc2nc(Sc3ccc(NC(=O)CN4C[C@](O)(C(F)(F)F)C[C@H]4CO)cc3)nn3cccc23)n[nH]1. The summed E-state index contributed by atoms with van der Waals surface area (Å²) >= 11 is 1.30. The number of carbonyl (C=O) groups is 1. The van der Waals surface area contributed by atoms with Crippen LogP contribution in [0.15, 0.2) is 58.7 Å². The van der Waals surface area contributed by atoms with Crippen molar-refractivity contribution in [2.75, 3.05) is 30.3 Å². The van der Waals surface area contributed by atoms with Crippen molar-refractivity contribution in [3.05, 3.63) is 54.4 Å². The summed E-state index contributed by atoms with van der Waals surface area (Å²) in [7, 11) is 0. The van der Waals surface area contributed by atoms with Gasteiger partial charge in [-0.25, -0.2) is 9.50 Å². The number of nitrogens with one attached hydrogen (secondary N) is 3. The van der Waals surface area contributed by atoms with E-state index in [1.165, 1.54) is 11.8 Å². The number of alkyl halides is 3. The Morgan fingerprint density at radius 3 is 2.72 bits per heavy atom. The number of H-pyrrole nitrogens is 1. The van der Waals surface area contributed by atoms with Crippen LogP contribution in [0.25, 0.3) is 5.52 Å². The van der Waals surface area contributed by atoms with Gasteiger partial charge < -0.3 is 20.8 Å². The second-order valence-corrected chi connectivity index (χ2v) is 10.3. The van der Waals surface area contributed by atoms with Gasteiger partial charge in [0.05, 0.1) is 13.2 Å². The van der Waals surface area contributed by atoms with Crippen LogP contribution in [0.5, 0.6) is 0 Å². The number of fused-ring (bicyclic) bond motifs is 1. The molecule has 1 amide bonds. The van der Waals surface area contributed by atoms with Gasteiger partial charge in [-0.2, -0.15) is 18.3 Å². The van der Waals surface area contributed by atoms with E-state index in [1.54, 1.807) is 35.0 Å². The van der Waals surface area contributed by atoms with Gasteiger partial charge in [-0.05, 0) is 55.1 Å². The number of aryl methyl sites for hydroxylation is 1. The molecule has 0 unspecified atom stereocenters. The maximum absolute atomic E-state index is 13.2. The van der Waals surface area contributed by atoms with Gasteiger partial charge in [0.25, 0.3) is 0 Å². The Hall–Kier alpha value is -3.66. The van der Waals surface area contributed by atoms with Crippen molar-refractivity contribution in [1.82, 2.24) is 29.7 Å². The second kappa shape index (κ2) is 10.5. The predicted octanol–water partition coefficient (Wildman–Crippen LogP) is 2.95. The van der Waals surface area contributed by atoms with Crippen molar-refractivity contribution in [3.63, 3.8) is 0 Å². The number of nitrogens with zero attached hydrogens (tertiary/aromatic N) is 5. The van der Waals surface area contributed by atoms with Crippen LogP contribution in [-0.2, 0) is 4.79 Å². The van der Waals surface area contributed by atoms with Crippen molar-refractivity contribution in [3.8, 4) is 0 Å². The first kappa shape index (κ1) is 26.9. The molecule has 4 heterocycles. The minimum Gasteiger partial charge on any atom is -0.395 e. The number of hydrogen-bond acceptors (Lipinski definition) is 9. The molecule has 1 aromatic carbocycles. The van der Waals surface area contributed by atoms with Gasteiger partial charge in [-0.1, -0.05) is 0 Å². The molecule has 1 aliphatic heterocycles. The van der Waals surface area contributed by atoms with E-state index in [9.17, 15) is 28.2 Å². The maximum atomic E-state index is 13.2. The van der Waals surface area contributed by atoms with E-state index in [0.29, 0.717) is 22.5 Å². The Morgan fingerprint density at radius 1 is 1.28 bits per heavy atom. The first-order valence-corrected chi connectivity index (χ1v) is 12.7. The smallest absolute Gasteiger partial charge is 0.395 e. The highest BCUT2D eigenvalue weighted by Gasteiger charge is 2.59. The molecular weight excluding hydrogens is 537 g/mol. The first-order chi connectivity index (χ1) is 18.5. The number of carbonyl (C=O) groups excluding carboxylic acids is 1. The third-order valence-electron chi connectivity index (χ3n) is 6.31. The Balaban J connectivity index is 1.23. The maximum Gasteiger partial charge on any atom is 0.418 e. The zero-order chi connectivity index (χ0) is 27.8. The van der Waals surface area contributed by atoms with Gasteiger partial charge in [-0.3, -0.25) is 14.8 Å². The van der Waals surface area contributed by atoms with Gasteiger partial charge >= 0.3 is 6.18 Å². The zero-order valence-corrected chi connectivity index (χ0v) is 21.4. The third-order valence-corrected chi connectivity index (χ3v) is 7.17. The number of rotatable bonds is 8. The fraction of sp³-hybridized carbons (Fsp3) is 0.333. The average molecular weight is 563 g/mol.